The van der Waals surface area contributed by atoms with E-state index in [2.05, 4.69) is 10.2 Å². The second-order valence-corrected chi connectivity index (χ2v) is 5.80. The summed E-state index contributed by atoms with van der Waals surface area (Å²) in [5.41, 5.74) is 2.11. The number of benzene rings is 2. The molecule has 23 heavy (non-hydrogen) atoms. The Kier molecular flexibility index (Phi) is 5.61. The highest BCUT2D eigenvalue weighted by atomic mass is 19.1. The molecule has 1 aliphatic rings. The van der Waals surface area contributed by atoms with E-state index < -0.39 is 0 Å². The number of hydrogen-bond acceptors (Lipinski definition) is 3. The average Bonchev–Trinajstić information content (AvgIpc) is 2.63. The van der Waals surface area contributed by atoms with E-state index in [1.54, 1.807) is 0 Å². The fourth-order valence-corrected chi connectivity index (χ4v) is 2.94. The second-order valence-electron chi connectivity index (χ2n) is 5.80. The zero-order chi connectivity index (χ0) is 15.9. The molecule has 1 atom stereocenters. The van der Waals surface area contributed by atoms with E-state index in [-0.39, 0.29) is 12.7 Å². The van der Waals surface area contributed by atoms with E-state index in [9.17, 15) is 4.39 Å². The smallest absolute Gasteiger partial charge is 0.120 e. The van der Waals surface area contributed by atoms with Crippen LogP contribution in [-0.2, 0) is 6.61 Å². The van der Waals surface area contributed by atoms with Gasteiger partial charge in [0.25, 0.3) is 0 Å². The van der Waals surface area contributed by atoms with Gasteiger partial charge in [0, 0.05) is 26.2 Å². The molecule has 3 nitrogen and oxygen atoms in total. The zero-order valence-electron chi connectivity index (χ0n) is 13.2. The van der Waals surface area contributed by atoms with Crippen molar-refractivity contribution in [1.82, 2.24) is 10.2 Å². The average molecular weight is 314 g/mol. The summed E-state index contributed by atoms with van der Waals surface area (Å²) in [5.74, 6) is 0.792. The van der Waals surface area contributed by atoms with E-state index in [4.69, 9.17) is 4.74 Å². The molecular formula is C19H23FN2O. The number of alkyl halides is 1. The van der Waals surface area contributed by atoms with Gasteiger partial charge < -0.3 is 10.1 Å². The van der Waals surface area contributed by atoms with Gasteiger partial charge in [0.1, 0.15) is 19.0 Å². The summed E-state index contributed by atoms with van der Waals surface area (Å²) in [4.78, 5) is 2.20. The van der Waals surface area contributed by atoms with Gasteiger partial charge in [0.15, 0.2) is 0 Å². The van der Waals surface area contributed by atoms with Crippen LogP contribution in [0.5, 0.6) is 5.75 Å². The maximum atomic E-state index is 13.6. The highest BCUT2D eigenvalue weighted by molar-refractivity contribution is 5.31. The first-order valence-electron chi connectivity index (χ1n) is 8.14. The number of nitrogens with one attached hydrogen (secondary N) is 1. The van der Waals surface area contributed by atoms with Crippen molar-refractivity contribution in [2.45, 2.75) is 12.6 Å². The Morgan fingerprint density at radius 2 is 1.83 bits per heavy atom. The minimum absolute atomic E-state index is 0.183. The molecule has 0 aromatic heterocycles. The molecule has 0 spiro atoms. The number of piperazine rings is 1. The van der Waals surface area contributed by atoms with E-state index in [0.29, 0.717) is 6.61 Å². The summed E-state index contributed by atoms with van der Waals surface area (Å²) in [7, 11) is 0. The van der Waals surface area contributed by atoms with Crippen LogP contribution in [0, 0.1) is 0 Å². The van der Waals surface area contributed by atoms with Crippen molar-refractivity contribution < 1.29 is 9.13 Å². The maximum Gasteiger partial charge on any atom is 0.120 e. The van der Waals surface area contributed by atoms with Crippen molar-refractivity contribution in [3.8, 4) is 5.75 Å². The summed E-state index contributed by atoms with van der Waals surface area (Å²) < 4.78 is 19.5. The Labute approximate surface area is 137 Å². The van der Waals surface area contributed by atoms with Crippen molar-refractivity contribution >= 4 is 0 Å². The molecule has 1 aliphatic heterocycles. The van der Waals surface area contributed by atoms with Gasteiger partial charge >= 0.3 is 0 Å². The molecule has 122 valence electrons. The lowest BCUT2D eigenvalue weighted by atomic mass is 10.1. The van der Waals surface area contributed by atoms with Crippen molar-refractivity contribution in [3.63, 3.8) is 0 Å². The number of nitrogens with zero attached hydrogens (tertiary/aromatic N) is 1. The van der Waals surface area contributed by atoms with Crippen LogP contribution in [0.25, 0.3) is 0 Å². The van der Waals surface area contributed by atoms with Gasteiger partial charge in [0.05, 0.1) is 6.04 Å². The van der Waals surface area contributed by atoms with Gasteiger partial charge in [-0.3, -0.25) is 4.90 Å². The van der Waals surface area contributed by atoms with Crippen LogP contribution in [0.4, 0.5) is 4.39 Å². The van der Waals surface area contributed by atoms with Gasteiger partial charge in [-0.1, -0.05) is 42.5 Å². The summed E-state index contributed by atoms with van der Waals surface area (Å²) in [6.07, 6.45) is 0. The zero-order valence-corrected chi connectivity index (χ0v) is 13.2. The molecule has 2 aromatic rings. The first kappa shape index (κ1) is 16.0. The molecule has 0 unspecified atom stereocenters. The first-order chi connectivity index (χ1) is 11.4. The lowest BCUT2D eigenvalue weighted by Crippen LogP contribution is -2.45. The highest BCUT2D eigenvalue weighted by Gasteiger charge is 2.22. The fourth-order valence-electron chi connectivity index (χ4n) is 2.94. The molecule has 0 bridgehead atoms. The highest BCUT2D eigenvalue weighted by Crippen LogP contribution is 2.25. The molecule has 0 radical (unpaired) electrons. The van der Waals surface area contributed by atoms with Crippen LogP contribution < -0.4 is 10.1 Å². The summed E-state index contributed by atoms with van der Waals surface area (Å²) in [6.45, 7) is 3.75. The van der Waals surface area contributed by atoms with Crippen molar-refractivity contribution in [3.05, 3.63) is 65.7 Å². The number of rotatable bonds is 6. The lowest BCUT2D eigenvalue weighted by Gasteiger charge is -2.33. The maximum absolute atomic E-state index is 13.6. The third-order valence-electron chi connectivity index (χ3n) is 4.23. The molecule has 0 aliphatic carbocycles. The van der Waals surface area contributed by atoms with Gasteiger partial charge in [-0.05, 0) is 23.3 Å². The summed E-state index contributed by atoms with van der Waals surface area (Å²) in [5, 5.41) is 3.31. The SMILES string of the molecule is FC[C@H](c1cccc(OCc2ccccc2)c1)N1CCNCC1. The van der Waals surface area contributed by atoms with Gasteiger partial charge in [-0.2, -0.15) is 0 Å². The molecule has 3 rings (SSSR count). The van der Waals surface area contributed by atoms with E-state index in [1.807, 2.05) is 54.6 Å². The Hall–Kier alpha value is -1.91. The van der Waals surface area contributed by atoms with Crippen molar-refractivity contribution in [2.75, 3.05) is 32.9 Å². The molecule has 1 heterocycles. The Morgan fingerprint density at radius 3 is 2.57 bits per heavy atom. The van der Waals surface area contributed by atoms with Crippen molar-refractivity contribution in [2.24, 2.45) is 0 Å². The third-order valence-corrected chi connectivity index (χ3v) is 4.23. The Bertz CT molecular complexity index is 599. The van der Waals surface area contributed by atoms with Gasteiger partial charge in [-0.15, -0.1) is 0 Å². The minimum Gasteiger partial charge on any atom is -0.489 e. The molecule has 2 aromatic carbocycles. The van der Waals surface area contributed by atoms with Gasteiger partial charge in [0.2, 0.25) is 0 Å². The van der Waals surface area contributed by atoms with Crippen LogP contribution in [-0.4, -0.2) is 37.8 Å². The normalized spacial score (nSPS) is 16.9. The molecule has 1 fully saturated rings. The van der Waals surface area contributed by atoms with Crippen LogP contribution >= 0.6 is 0 Å². The fraction of sp³-hybridized carbons (Fsp3) is 0.368. The monoisotopic (exact) mass is 314 g/mol. The first-order valence-corrected chi connectivity index (χ1v) is 8.14. The molecule has 1 saturated heterocycles. The standard InChI is InChI=1S/C19H23FN2O/c20-14-19(22-11-9-21-10-12-22)17-7-4-8-18(13-17)23-15-16-5-2-1-3-6-16/h1-8,13,19,21H,9-12,14-15H2/t19-/m1/s1. The summed E-state index contributed by atoms with van der Waals surface area (Å²) in [6, 6.07) is 17.7. The van der Waals surface area contributed by atoms with Crippen molar-refractivity contribution in [1.29, 1.82) is 0 Å². The van der Waals surface area contributed by atoms with E-state index >= 15 is 0 Å². The Balaban J connectivity index is 1.68. The number of halogens is 1. The largest absolute Gasteiger partial charge is 0.489 e. The third kappa shape index (κ3) is 4.30. The molecule has 4 heteroatoms. The van der Waals surface area contributed by atoms with Gasteiger partial charge in [-0.25, -0.2) is 4.39 Å². The van der Waals surface area contributed by atoms with Crippen LogP contribution in [0.3, 0.4) is 0 Å². The van der Waals surface area contributed by atoms with Crippen LogP contribution in [0.2, 0.25) is 0 Å². The molecular weight excluding hydrogens is 291 g/mol. The minimum atomic E-state index is -0.373. The van der Waals surface area contributed by atoms with Crippen LogP contribution in [0.15, 0.2) is 54.6 Å². The number of hydrogen-bond donors (Lipinski definition) is 1. The molecule has 1 N–H and O–H groups in total. The predicted octanol–water partition coefficient (Wildman–Crippen LogP) is 3.18. The predicted molar refractivity (Wildman–Crippen MR) is 90.4 cm³/mol. The topological polar surface area (TPSA) is 24.5 Å². The summed E-state index contributed by atoms with van der Waals surface area (Å²) >= 11 is 0. The number of ether oxygens (including phenoxy) is 1. The second kappa shape index (κ2) is 8.09. The quantitative estimate of drug-likeness (QED) is 0.886. The Morgan fingerprint density at radius 1 is 1.04 bits per heavy atom. The molecule has 0 amide bonds. The molecule has 0 saturated carbocycles. The van der Waals surface area contributed by atoms with E-state index in [1.165, 1.54) is 0 Å². The lowest BCUT2D eigenvalue weighted by molar-refractivity contribution is 0.147. The van der Waals surface area contributed by atoms with Crippen LogP contribution in [0.1, 0.15) is 17.2 Å². The van der Waals surface area contributed by atoms with E-state index in [0.717, 1.165) is 43.1 Å².